The molecule has 0 aromatic heterocycles. The van der Waals surface area contributed by atoms with Gasteiger partial charge in [-0.3, -0.25) is 0 Å². The van der Waals surface area contributed by atoms with E-state index in [-0.39, 0.29) is 0 Å². The Kier molecular flexibility index (Phi) is 7.08. The van der Waals surface area contributed by atoms with Crippen LogP contribution in [0.3, 0.4) is 0 Å². The lowest BCUT2D eigenvalue weighted by Gasteiger charge is -2.24. The molecule has 1 fully saturated rings. The van der Waals surface area contributed by atoms with Crippen LogP contribution in [-0.2, 0) is 0 Å². The van der Waals surface area contributed by atoms with E-state index in [1.54, 1.807) is 0 Å². The predicted molar refractivity (Wildman–Crippen MR) is 89.8 cm³/mol. The van der Waals surface area contributed by atoms with Crippen molar-refractivity contribution in [2.24, 2.45) is 5.92 Å². The summed E-state index contributed by atoms with van der Waals surface area (Å²) in [6.45, 7) is 6.43. The maximum absolute atomic E-state index is 5.72. The molecule has 2 rings (SSSR count). The smallest absolute Gasteiger partial charge is 0.119 e. The molecule has 0 heterocycles. The molecule has 0 amide bonds. The van der Waals surface area contributed by atoms with E-state index in [1.807, 2.05) is 0 Å². The first kappa shape index (κ1) is 16.4. The van der Waals surface area contributed by atoms with Crippen LogP contribution in [0.1, 0.15) is 70.4 Å². The normalized spacial score (nSPS) is 17.6. The number of hydrogen-bond donors (Lipinski definition) is 1. The number of nitrogens with one attached hydrogen (secondary N) is 1. The van der Waals surface area contributed by atoms with E-state index in [4.69, 9.17) is 4.74 Å². The Hall–Kier alpha value is -1.02. The zero-order valence-corrected chi connectivity index (χ0v) is 13.7. The van der Waals surface area contributed by atoms with Crippen molar-refractivity contribution in [3.63, 3.8) is 0 Å². The van der Waals surface area contributed by atoms with Gasteiger partial charge in [-0.15, -0.1) is 0 Å². The molecule has 1 saturated carbocycles. The van der Waals surface area contributed by atoms with E-state index in [9.17, 15) is 0 Å². The zero-order valence-electron chi connectivity index (χ0n) is 13.7. The Balaban J connectivity index is 1.74. The zero-order chi connectivity index (χ0) is 14.9. The van der Waals surface area contributed by atoms with Crippen LogP contribution in [0.2, 0.25) is 0 Å². The summed E-state index contributed by atoms with van der Waals surface area (Å²) >= 11 is 0. The Morgan fingerprint density at radius 3 is 2.52 bits per heavy atom. The topological polar surface area (TPSA) is 21.3 Å². The number of hydrogen-bond acceptors (Lipinski definition) is 2. The Bertz CT molecular complexity index is 381. The van der Waals surface area contributed by atoms with E-state index in [2.05, 4.69) is 43.4 Å². The standard InChI is InChI=1S/C19H31NO/c1-3-4-14-21-19-12-10-18(11-13-19)16(2)20-15-17-8-6-5-7-9-17/h10-13,16-17,20H,3-9,14-15H2,1-2H3. The first-order valence-corrected chi connectivity index (χ1v) is 8.75. The van der Waals surface area contributed by atoms with Gasteiger partial charge in [-0.2, -0.15) is 0 Å². The lowest BCUT2D eigenvalue weighted by atomic mass is 9.89. The average molecular weight is 289 g/mol. The maximum atomic E-state index is 5.72. The molecule has 1 atom stereocenters. The maximum Gasteiger partial charge on any atom is 0.119 e. The minimum atomic E-state index is 0.427. The summed E-state index contributed by atoms with van der Waals surface area (Å²) in [5.41, 5.74) is 1.36. The van der Waals surface area contributed by atoms with Crippen LogP contribution in [-0.4, -0.2) is 13.2 Å². The van der Waals surface area contributed by atoms with Crippen LogP contribution in [0.15, 0.2) is 24.3 Å². The molecule has 1 aromatic rings. The SMILES string of the molecule is CCCCOc1ccc(C(C)NCC2CCCCC2)cc1. The number of unbranched alkanes of at least 4 members (excludes halogenated alkanes) is 1. The molecule has 1 aromatic carbocycles. The van der Waals surface area contributed by atoms with Gasteiger partial charge in [-0.1, -0.05) is 44.7 Å². The summed E-state index contributed by atoms with van der Waals surface area (Å²) in [5.74, 6) is 1.88. The minimum absolute atomic E-state index is 0.427. The van der Waals surface area contributed by atoms with Crippen molar-refractivity contribution in [3.05, 3.63) is 29.8 Å². The monoisotopic (exact) mass is 289 g/mol. The highest BCUT2D eigenvalue weighted by Gasteiger charge is 2.14. The fourth-order valence-electron chi connectivity index (χ4n) is 3.04. The first-order valence-electron chi connectivity index (χ1n) is 8.75. The third-order valence-corrected chi connectivity index (χ3v) is 4.58. The van der Waals surface area contributed by atoms with Crippen molar-refractivity contribution in [3.8, 4) is 5.75 Å². The molecule has 0 aliphatic heterocycles. The molecule has 2 heteroatoms. The van der Waals surface area contributed by atoms with Crippen molar-refractivity contribution in [2.75, 3.05) is 13.2 Å². The predicted octanol–water partition coefficient (Wildman–Crippen LogP) is 5.10. The second-order valence-electron chi connectivity index (χ2n) is 6.41. The summed E-state index contributed by atoms with van der Waals surface area (Å²) in [6.07, 6.45) is 9.40. The van der Waals surface area contributed by atoms with Crippen molar-refractivity contribution >= 4 is 0 Å². The average Bonchev–Trinajstić information content (AvgIpc) is 2.54. The molecular weight excluding hydrogens is 258 g/mol. The Morgan fingerprint density at radius 2 is 1.86 bits per heavy atom. The quantitative estimate of drug-likeness (QED) is 0.672. The van der Waals surface area contributed by atoms with Gasteiger partial charge in [-0.25, -0.2) is 0 Å². The lowest BCUT2D eigenvalue weighted by Crippen LogP contribution is -2.27. The van der Waals surface area contributed by atoms with Gasteiger partial charge in [0.25, 0.3) is 0 Å². The van der Waals surface area contributed by atoms with E-state index in [0.29, 0.717) is 6.04 Å². The van der Waals surface area contributed by atoms with Crippen LogP contribution in [0.5, 0.6) is 5.75 Å². The van der Waals surface area contributed by atoms with Gasteiger partial charge in [0, 0.05) is 6.04 Å². The number of ether oxygens (including phenoxy) is 1. The first-order chi connectivity index (χ1) is 10.3. The van der Waals surface area contributed by atoms with Gasteiger partial charge in [-0.05, 0) is 56.3 Å². The molecule has 0 bridgehead atoms. The highest BCUT2D eigenvalue weighted by Crippen LogP contribution is 2.24. The van der Waals surface area contributed by atoms with Gasteiger partial charge in [0.05, 0.1) is 6.61 Å². The van der Waals surface area contributed by atoms with Gasteiger partial charge >= 0.3 is 0 Å². The molecular formula is C19H31NO. The molecule has 0 saturated heterocycles. The molecule has 0 radical (unpaired) electrons. The van der Waals surface area contributed by atoms with Crippen LogP contribution >= 0.6 is 0 Å². The number of rotatable bonds is 8. The molecule has 2 nitrogen and oxygen atoms in total. The summed E-state index contributed by atoms with van der Waals surface area (Å²) in [7, 11) is 0. The molecule has 118 valence electrons. The Labute approximate surface area is 130 Å². The largest absolute Gasteiger partial charge is 0.494 e. The Morgan fingerprint density at radius 1 is 1.14 bits per heavy atom. The van der Waals surface area contributed by atoms with E-state index in [1.165, 1.54) is 44.1 Å². The second-order valence-corrected chi connectivity index (χ2v) is 6.41. The van der Waals surface area contributed by atoms with Crippen molar-refractivity contribution in [1.82, 2.24) is 5.32 Å². The van der Waals surface area contributed by atoms with Crippen LogP contribution in [0.25, 0.3) is 0 Å². The van der Waals surface area contributed by atoms with Gasteiger partial charge < -0.3 is 10.1 Å². The van der Waals surface area contributed by atoms with Gasteiger partial charge in [0.2, 0.25) is 0 Å². The molecule has 1 N–H and O–H groups in total. The highest BCUT2D eigenvalue weighted by molar-refractivity contribution is 5.28. The van der Waals surface area contributed by atoms with Crippen LogP contribution < -0.4 is 10.1 Å². The summed E-state index contributed by atoms with van der Waals surface area (Å²) in [4.78, 5) is 0. The molecule has 0 spiro atoms. The number of benzene rings is 1. The second kappa shape index (κ2) is 9.09. The minimum Gasteiger partial charge on any atom is -0.494 e. The third kappa shape index (κ3) is 5.70. The molecule has 21 heavy (non-hydrogen) atoms. The fraction of sp³-hybridized carbons (Fsp3) is 0.684. The van der Waals surface area contributed by atoms with Gasteiger partial charge in [0.15, 0.2) is 0 Å². The summed E-state index contributed by atoms with van der Waals surface area (Å²) < 4.78 is 5.72. The van der Waals surface area contributed by atoms with E-state index < -0.39 is 0 Å². The van der Waals surface area contributed by atoms with Crippen molar-refractivity contribution < 1.29 is 4.74 Å². The highest BCUT2D eigenvalue weighted by atomic mass is 16.5. The van der Waals surface area contributed by atoms with Crippen LogP contribution in [0, 0.1) is 5.92 Å². The molecule has 1 aliphatic rings. The summed E-state index contributed by atoms with van der Waals surface area (Å²) in [6, 6.07) is 9.02. The van der Waals surface area contributed by atoms with E-state index in [0.717, 1.165) is 31.2 Å². The fourth-order valence-corrected chi connectivity index (χ4v) is 3.04. The molecule has 1 unspecified atom stereocenters. The molecule has 1 aliphatic carbocycles. The lowest BCUT2D eigenvalue weighted by molar-refractivity contribution is 0.309. The van der Waals surface area contributed by atoms with E-state index >= 15 is 0 Å². The third-order valence-electron chi connectivity index (χ3n) is 4.58. The van der Waals surface area contributed by atoms with Crippen molar-refractivity contribution in [2.45, 2.75) is 64.8 Å². The summed E-state index contributed by atoms with van der Waals surface area (Å²) in [5, 5.41) is 3.70. The van der Waals surface area contributed by atoms with Crippen LogP contribution in [0.4, 0.5) is 0 Å². The van der Waals surface area contributed by atoms with Crippen molar-refractivity contribution in [1.29, 1.82) is 0 Å². The van der Waals surface area contributed by atoms with Gasteiger partial charge in [0.1, 0.15) is 5.75 Å².